The summed E-state index contributed by atoms with van der Waals surface area (Å²) in [4.78, 5) is 11.9. The molecule has 134 valence electrons. The van der Waals surface area contributed by atoms with Gasteiger partial charge in [-0.15, -0.1) is 10.2 Å². The maximum atomic E-state index is 13.5. The van der Waals surface area contributed by atoms with Gasteiger partial charge in [-0.05, 0) is 29.8 Å². The monoisotopic (exact) mass is 379 g/mol. The van der Waals surface area contributed by atoms with Crippen molar-refractivity contribution in [3.63, 3.8) is 0 Å². The van der Waals surface area contributed by atoms with Crippen LogP contribution in [0, 0.1) is 17.5 Å². The molecule has 0 aliphatic rings. The Morgan fingerprint density at radius 1 is 1.04 bits per heavy atom. The molecule has 0 fully saturated rings. The van der Waals surface area contributed by atoms with Crippen molar-refractivity contribution in [1.82, 2.24) is 15.5 Å². The van der Waals surface area contributed by atoms with E-state index < -0.39 is 23.1 Å². The molecule has 3 aromatic rings. The van der Waals surface area contributed by atoms with Crippen molar-refractivity contribution in [3.05, 3.63) is 76.9 Å². The van der Waals surface area contributed by atoms with Gasteiger partial charge in [-0.2, -0.15) is 0 Å². The number of carbonyl (C=O) groups is 1. The lowest BCUT2D eigenvalue weighted by molar-refractivity contribution is 0.0938. The van der Waals surface area contributed by atoms with Crippen LogP contribution in [0.15, 0.2) is 52.1 Å². The number of amides is 1. The molecule has 2 aromatic carbocycles. The maximum Gasteiger partial charge on any atom is 0.276 e. The van der Waals surface area contributed by atoms with E-state index in [1.165, 1.54) is 30.0 Å². The molecular formula is C17H12F3N3O2S. The molecule has 0 aliphatic heterocycles. The van der Waals surface area contributed by atoms with Crippen LogP contribution >= 0.6 is 11.8 Å². The summed E-state index contributed by atoms with van der Waals surface area (Å²) in [6.07, 6.45) is 0. The van der Waals surface area contributed by atoms with E-state index in [4.69, 9.17) is 4.42 Å². The Bertz CT molecular complexity index is 896. The summed E-state index contributed by atoms with van der Waals surface area (Å²) in [6, 6.07) is 9.15. The summed E-state index contributed by atoms with van der Waals surface area (Å²) in [5.74, 6) is -2.56. The molecule has 1 amide bonds. The minimum Gasteiger partial charge on any atom is -0.414 e. The molecule has 3 rings (SSSR count). The van der Waals surface area contributed by atoms with Crippen LogP contribution in [0.4, 0.5) is 13.2 Å². The van der Waals surface area contributed by atoms with Crippen molar-refractivity contribution in [2.45, 2.75) is 17.5 Å². The molecule has 9 heteroatoms. The van der Waals surface area contributed by atoms with Crippen LogP contribution in [0.3, 0.4) is 0 Å². The van der Waals surface area contributed by atoms with Gasteiger partial charge in [-0.1, -0.05) is 30.0 Å². The molecule has 1 aromatic heterocycles. The lowest BCUT2D eigenvalue weighted by atomic mass is 10.2. The van der Waals surface area contributed by atoms with Crippen LogP contribution in [0.2, 0.25) is 0 Å². The number of benzene rings is 2. The predicted octanol–water partition coefficient (Wildman–Crippen LogP) is 3.71. The second-order valence-electron chi connectivity index (χ2n) is 5.16. The van der Waals surface area contributed by atoms with Gasteiger partial charge >= 0.3 is 0 Å². The van der Waals surface area contributed by atoms with Crippen molar-refractivity contribution >= 4 is 17.7 Å². The van der Waals surface area contributed by atoms with Crippen LogP contribution in [0.1, 0.15) is 21.8 Å². The number of hydrogen-bond acceptors (Lipinski definition) is 5. The average Bonchev–Trinajstić information content (AvgIpc) is 3.07. The van der Waals surface area contributed by atoms with Crippen LogP contribution < -0.4 is 5.32 Å². The van der Waals surface area contributed by atoms with Gasteiger partial charge in [-0.3, -0.25) is 4.79 Å². The summed E-state index contributed by atoms with van der Waals surface area (Å²) >= 11 is 1.24. The van der Waals surface area contributed by atoms with Gasteiger partial charge in [0.25, 0.3) is 11.1 Å². The van der Waals surface area contributed by atoms with Gasteiger partial charge in [0.1, 0.15) is 23.0 Å². The second kappa shape index (κ2) is 8.05. The zero-order valence-corrected chi connectivity index (χ0v) is 14.0. The largest absolute Gasteiger partial charge is 0.414 e. The zero-order valence-electron chi connectivity index (χ0n) is 13.2. The number of rotatable bonds is 6. The standard InChI is InChI=1S/C17H12F3N3O2S/c18-11-6-4-10(5-7-11)9-26-17-23-22-14(25-17)8-21-16(24)15-12(19)2-1-3-13(15)20/h1-7H,8-9H2,(H,21,24). The van der Waals surface area contributed by atoms with E-state index >= 15 is 0 Å². The summed E-state index contributed by atoms with van der Waals surface area (Å²) in [5.41, 5.74) is 0.206. The first-order chi connectivity index (χ1) is 12.5. The third kappa shape index (κ3) is 4.42. The van der Waals surface area contributed by atoms with Crippen molar-refractivity contribution < 1.29 is 22.4 Å². The number of nitrogens with zero attached hydrogens (tertiary/aromatic N) is 2. The summed E-state index contributed by atoms with van der Waals surface area (Å²) in [7, 11) is 0. The fourth-order valence-electron chi connectivity index (χ4n) is 2.05. The van der Waals surface area contributed by atoms with Gasteiger partial charge in [0.05, 0.1) is 6.54 Å². The maximum absolute atomic E-state index is 13.5. The smallest absolute Gasteiger partial charge is 0.276 e. The van der Waals surface area contributed by atoms with Crippen LogP contribution in [0.5, 0.6) is 0 Å². The highest BCUT2D eigenvalue weighted by molar-refractivity contribution is 7.98. The Morgan fingerprint density at radius 3 is 2.42 bits per heavy atom. The van der Waals surface area contributed by atoms with Gasteiger partial charge in [-0.25, -0.2) is 13.2 Å². The van der Waals surface area contributed by atoms with Gasteiger partial charge in [0, 0.05) is 5.75 Å². The average molecular weight is 379 g/mol. The fraction of sp³-hybridized carbons (Fsp3) is 0.118. The van der Waals surface area contributed by atoms with Gasteiger partial charge < -0.3 is 9.73 Å². The number of halogens is 3. The number of carbonyl (C=O) groups excluding carboxylic acids is 1. The molecule has 0 atom stereocenters. The van der Waals surface area contributed by atoms with E-state index in [1.54, 1.807) is 12.1 Å². The molecule has 5 nitrogen and oxygen atoms in total. The van der Waals surface area contributed by atoms with E-state index in [0.29, 0.717) is 5.75 Å². The van der Waals surface area contributed by atoms with E-state index in [2.05, 4.69) is 15.5 Å². The lowest BCUT2D eigenvalue weighted by Gasteiger charge is -2.04. The van der Waals surface area contributed by atoms with Crippen molar-refractivity contribution in [3.8, 4) is 0 Å². The van der Waals surface area contributed by atoms with Crippen LogP contribution in [-0.2, 0) is 12.3 Å². The number of aromatic nitrogens is 2. The van der Waals surface area contributed by atoms with E-state index in [-0.39, 0.29) is 23.5 Å². The molecule has 0 spiro atoms. The molecule has 1 heterocycles. The van der Waals surface area contributed by atoms with Crippen molar-refractivity contribution in [1.29, 1.82) is 0 Å². The first-order valence-corrected chi connectivity index (χ1v) is 8.43. The Labute approximate surface area is 150 Å². The number of thioether (sulfide) groups is 1. The summed E-state index contributed by atoms with van der Waals surface area (Å²) < 4.78 is 45.3. The Morgan fingerprint density at radius 2 is 1.73 bits per heavy atom. The Kier molecular flexibility index (Phi) is 5.57. The second-order valence-corrected chi connectivity index (χ2v) is 6.08. The van der Waals surface area contributed by atoms with Crippen LogP contribution in [0.25, 0.3) is 0 Å². The molecule has 26 heavy (non-hydrogen) atoms. The van der Waals surface area contributed by atoms with Gasteiger partial charge in [0.15, 0.2) is 0 Å². The minimum absolute atomic E-state index is 0.0942. The Balaban J connectivity index is 1.55. The number of hydrogen-bond donors (Lipinski definition) is 1. The topological polar surface area (TPSA) is 68.0 Å². The van der Waals surface area contributed by atoms with E-state index in [0.717, 1.165) is 17.7 Å². The molecule has 1 N–H and O–H groups in total. The normalized spacial score (nSPS) is 10.7. The molecule has 0 unspecified atom stereocenters. The highest BCUT2D eigenvalue weighted by Gasteiger charge is 2.17. The highest BCUT2D eigenvalue weighted by atomic mass is 32.2. The fourth-order valence-corrected chi connectivity index (χ4v) is 2.79. The third-order valence-electron chi connectivity index (χ3n) is 3.31. The predicted molar refractivity (Wildman–Crippen MR) is 87.8 cm³/mol. The molecule has 0 aliphatic carbocycles. The summed E-state index contributed by atoms with van der Waals surface area (Å²) in [6.45, 7) is -0.170. The van der Waals surface area contributed by atoms with Crippen molar-refractivity contribution in [2.75, 3.05) is 0 Å². The molecule has 0 bridgehead atoms. The quantitative estimate of drug-likeness (QED) is 0.662. The van der Waals surface area contributed by atoms with E-state index in [1.807, 2.05) is 0 Å². The molecule has 0 saturated heterocycles. The molecule has 0 saturated carbocycles. The molecular weight excluding hydrogens is 367 g/mol. The zero-order chi connectivity index (χ0) is 18.5. The summed E-state index contributed by atoms with van der Waals surface area (Å²) in [5, 5.41) is 10.1. The number of nitrogens with one attached hydrogen (secondary N) is 1. The third-order valence-corrected chi connectivity index (χ3v) is 4.20. The van der Waals surface area contributed by atoms with E-state index in [9.17, 15) is 18.0 Å². The lowest BCUT2D eigenvalue weighted by Crippen LogP contribution is -2.25. The van der Waals surface area contributed by atoms with Crippen LogP contribution in [-0.4, -0.2) is 16.1 Å². The molecule has 0 radical (unpaired) electrons. The minimum atomic E-state index is -0.955. The van der Waals surface area contributed by atoms with Gasteiger partial charge in [0.2, 0.25) is 5.89 Å². The SMILES string of the molecule is O=C(NCc1nnc(SCc2ccc(F)cc2)o1)c1c(F)cccc1F. The van der Waals surface area contributed by atoms with Crippen molar-refractivity contribution in [2.24, 2.45) is 0 Å². The highest BCUT2D eigenvalue weighted by Crippen LogP contribution is 2.21. The Hall–Kier alpha value is -2.81. The first kappa shape index (κ1) is 18.0. The first-order valence-electron chi connectivity index (χ1n) is 7.45.